The summed E-state index contributed by atoms with van der Waals surface area (Å²) in [6.45, 7) is 0.480. The maximum atomic E-state index is 13.2. The summed E-state index contributed by atoms with van der Waals surface area (Å²) in [7, 11) is 0. The summed E-state index contributed by atoms with van der Waals surface area (Å²) in [5, 5.41) is 12.2. The molecule has 2 N–H and O–H groups in total. The molecule has 1 aliphatic carbocycles. The molecule has 1 aliphatic rings. The average molecular weight is 377 g/mol. The summed E-state index contributed by atoms with van der Waals surface area (Å²) in [5.41, 5.74) is 2.04. The molecule has 2 aromatic rings. The van der Waals surface area contributed by atoms with Gasteiger partial charge in [0.05, 0.1) is 5.75 Å². The Morgan fingerprint density at radius 2 is 2.23 bits per heavy atom. The third-order valence-electron chi connectivity index (χ3n) is 4.19. The molecule has 1 heterocycles. The maximum absolute atomic E-state index is 13.2. The van der Waals surface area contributed by atoms with E-state index in [1.54, 1.807) is 10.6 Å². The van der Waals surface area contributed by atoms with Gasteiger partial charge in [-0.15, -0.1) is 0 Å². The van der Waals surface area contributed by atoms with Crippen molar-refractivity contribution >= 4 is 23.4 Å². The number of thioether (sulfide) groups is 1. The van der Waals surface area contributed by atoms with E-state index in [1.807, 2.05) is 0 Å². The lowest BCUT2D eigenvalue weighted by Crippen LogP contribution is -2.28. The molecule has 0 fully saturated rings. The Labute approximate surface area is 154 Å². The van der Waals surface area contributed by atoms with E-state index >= 15 is 0 Å². The van der Waals surface area contributed by atoms with Crippen LogP contribution in [0.1, 0.15) is 24.1 Å². The van der Waals surface area contributed by atoms with Crippen LogP contribution in [0.4, 0.5) is 10.1 Å². The van der Waals surface area contributed by atoms with Crippen LogP contribution in [-0.2, 0) is 24.2 Å². The van der Waals surface area contributed by atoms with Crippen LogP contribution < -0.4 is 11.0 Å². The fourth-order valence-corrected chi connectivity index (χ4v) is 3.94. The Morgan fingerprint density at radius 3 is 3.00 bits per heavy atom. The topological polar surface area (TPSA) is 84.2 Å². The van der Waals surface area contributed by atoms with Crippen LogP contribution in [0, 0.1) is 5.82 Å². The molecule has 8 heteroatoms. The minimum absolute atomic E-state index is 0.0258. The van der Waals surface area contributed by atoms with Gasteiger partial charge in [-0.25, -0.2) is 9.18 Å². The number of hydrogen-bond acceptors (Lipinski definition) is 5. The highest BCUT2D eigenvalue weighted by molar-refractivity contribution is 8.00. The third kappa shape index (κ3) is 4.31. The number of hydrogen-bond donors (Lipinski definition) is 2. The molecule has 0 spiro atoms. The van der Waals surface area contributed by atoms with Crippen molar-refractivity contribution in [2.24, 2.45) is 0 Å². The maximum Gasteiger partial charge on any atom is 0.348 e. The number of carbonyl (C=O) groups is 1. The van der Waals surface area contributed by atoms with Crippen LogP contribution in [0.5, 0.6) is 0 Å². The second-order valence-corrected chi connectivity index (χ2v) is 7.02. The van der Waals surface area contributed by atoms with Gasteiger partial charge in [-0.3, -0.25) is 9.36 Å². The molecule has 0 radical (unpaired) electrons. The van der Waals surface area contributed by atoms with Crippen LogP contribution in [0.3, 0.4) is 0 Å². The van der Waals surface area contributed by atoms with Gasteiger partial charge < -0.3 is 10.4 Å². The van der Waals surface area contributed by atoms with E-state index < -0.39 is 5.82 Å². The molecule has 3 rings (SSSR count). The monoisotopic (exact) mass is 377 g/mol. The van der Waals surface area contributed by atoms with Crippen LogP contribution >= 0.6 is 11.8 Å². The molecular weight excluding hydrogens is 357 g/mol. The lowest BCUT2D eigenvalue weighted by atomic mass is 10.2. The number of aliphatic hydroxyl groups is 1. The molecule has 6 nitrogen and oxygen atoms in total. The van der Waals surface area contributed by atoms with E-state index in [-0.39, 0.29) is 24.0 Å². The first-order chi connectivity index (χ1) is 12.6. The predicted molar refractivity (Wildman–Crippen MR) is 98.0 cm³/mol. The van der Waals surface area contributed by atoms with Crippen LogP contribution in [-0.4, -0.2) is 32.9 Å². The van der Waals surface area contributed by atoms with Crippen LogP contribution in [0.15, 0.2) is 34.1 Å². The van der Waals surface area contributed by atoms with E-state index in [9.17, 15) is 14.0 Å². The molecule has 0 bridgehead atoms. The largest absolute Gasteiger partial charge is 0.396 e. The molecule has 0 saturated carbocycles. The number of halogens is 1. The summed E-state index contributed by atoms with van der Waals surface area (Å²) in [4.78, 5) is 28.5. The molecule has 0 atom stereocenters. The smallest absolute Gasteiger partial charge is 0.348 e. The number of carbonyl (C=O) groups excluding carboxylic acids is 1. The third-order valence-corrected chi connectivity index (χ3v) is 5.21. The Kier molecular flexibility index (Phi) is 6.05. The molecule has 1 aromatic carbocycles. The minimum Gasteiger partial charge on any atom is -0.396 e. The molecule has 0 unspecified atom stereocenters. The molecule has 1 aromatic heterocycles. The van der Waals surface area contributed by atoms with E-state index in [0.29, 0.717) is 23.7 Å². The first kappa shape index (κ1) is 18.6. The summed E-state index contributed by atoms with van der Waals surface area (Å²) < 4.78 is 14.8. The van der Waals surface area contributed by atoms with E-state index in [1.165, 1.54) is 30.0 Å². The zero-order chi connectivity index (χ0) is 18.5. The number of nitrogens with one attached hydrogen (secondary N) is 1. The SMILES string of the molecule is O=C(CSc1nc(=O)n(CCCO)c2c1CCC2)Nc1cccc(F)c1. The summed E-state index contributed by atoms with van der Waals surface area (Å²) in [6, 6.07) is 5.70. The van der Waals surface area contributed by atoms with Gasteiger partial charge in [-0.2, -0.15) is 4.98 Å². The molecule has 0 saturated heterocycles. The second kappa shape index (κ2) is 8.46. The molecule has 138 valence electrons. The zero-order valence-electron chi connectivity index (χ0n) is 14.2. The molecular formula is C18H20FN3O3S. The van der Waals surface area contributed by atoms with Crippen molar-refractivity contribution < 1.29 is 14.3 Å². The van der Waals surface area contributed by atoms with Gasteiger partial charge in [0.2, 0.25) is 5.91 Å². The second-order valence-electron chi connectivity index (χ2n) is 6.05. The number of amides is 1. The van der Waals surface area contributed by atoms with Crippen LogP contribution in [0.25, 0.3) is 0 Å². The van der Waals surface area contributed by atoms with Crippen molar-refractivity contribution in [2.45, 2.75) is 37.3 Å². The lowest BCUT2D eigenvalue weighted by molar-refractivity contribution is -0.113. The normalized spacial score (nSPS) is 12.8. The van der Waals surface area contributed by atoms with Crippen LogP contribution in [0.2, 0.25) is 0 Å². The predicted octanol–water partition coefficient (Wildman–Crippen LogP) is 1.98. The van der Waals surface area contributed by atoms with Gasteiger partial charge in [0.25, 0.3) is 0 Å². The zero-order valence-corrected chi connectivity index (χ0v) is 15.0. The Morgan fingerprint density at radius 1 is 1.38 bits per heavy atom. The number of rotatable bonds is 7. The number of aromatic nitrogens is 2. The summed E-state index contributed by atoms with van der Waals surface area (Å²) in [5.74, 6) is -0.601. The fourth-order valence-electron chi connectivity index (χ4n) is 3.06. The number of fused-ring (bicyclic) bond motifs is 1. The van der Waals surface area contributed by atoms with Gasteiger partial charge in [0.1, 0.15) is 10.8 Å². The molecule has 1 amide bonds. The van der Waals surface area contributed by atoms with Crippen molar-refractivity contribution in [3.05, 3.63) is 51.8 Å². The lowest BCUT2D eigenvalue weighted by Gasteiger charge is -2.13. The first-order valence-corrected chi connectivity index (χ1v) is 9.48. The average Bonchev–Trinajstić information content (AvgIpc) is 3.09. The number of aliphatic hydroxyl groups excluding tert-OH is 1. The van der Waals surface area contributed by atoms with Crippen molar-refractivity contribution in [2.75, 3.05) is 17.7 Å². The first-order valence-electron chi connectivity index (χ1n) is 8.50. The Balaban J connectivity index is 1.70. The highest BCUT2D eigenvalue weighted by Crippen LogP contribution is 2.29. The Hall–Kier alpha value is -2.19. The number of anilines is 1. The fraction of sp³-hybridized carbons (Fsp3) is 0.389. The van der Waals surface area contributed by atoms with Crippen molar-refractivity contribution in [3.63, 3.8) is 0 Å². The Bertz CT molecular complexity index is 869. The quantitative estimate of drug-likeness (QED) is 0.569. The highest BCUT2D eigenvalue weighted by Gasteiger charge is 2.22. The van der Waals surface area contributed by atoms with Gasteiger partial charge in [-0.1, -0.05) is 17.8 Å². The van der Waals surface area contributed by atoms with E-state index in [0.717, 1.165) is 30.5 Å². The van der Waals surface area contributed by atoms with Gasteiger partial charge in [0, 0.05) is 30.1 Å². The summed E-state index contributed by atoms with van der Waals surface area (Å²) >= 11 is 1.22. The van der Waals surface area contributed by atoms with Gasteiger partial charge in [-0.05, 0) is 43.9 Å². The standard InChI is InChI=1S/C18H20FN3O3S/c19-12-4-1-5-13(10-12)20-16(24)11-26-17-14-6-2-7-15(14)22(8-3-9-23)18(25)21-17/h1,4-5,10,23H,2-3,6-9,11H2,(H,20,24). The van der Waals surface area contributed by atoms with Crippen molar-refractivity contribution in [1.82, 2.24) is 9.55 Å². The van der Waals surface area contributed by atoms with Crippen molar-refractivity contribution in [3.8, 4) is 0 Å². The molecule has 26 heavy (non-hydrogen) atoms. The minimum atomic E-state index is -0.415. The molecule has 0 aliphatic heterocycles. The van der Waals surface area contributed by atoms with Gasteiger partial charge in [0.15, 0.2) is 0 Å². The van der Waals surface area contributed by atoms with Crippen molar-refractivity contribution in [1.29, 1.82) is 0 Å². The number of nitrogens with zero attached hydrogens (tertiary/aromatic N) is 2. The van der Waals surface area contributed by atoms with E-state index in [2.05, 4.69) is 10.3 Å². The van der Waals surface area contributed by atoms with E-state index in [4.69, 9.17) is 5.11 Å². The summed E-state index contributed by atoms with van der Waals surface area (Å²) in [6.07, 6.45) is 3.09. The number of benzene rings is 1. The van der Waals surface area contributed by atoms with Gasteiger partial charge >= 0.3 is 5.69 Å². The highest BCUT2D eigenvalue weighted by atomic mass is 32.2.